The molecule has 0 spiro atoms. The van der Waals surface area contributed by atoms with E-state index in [9.17, 15) is 0 Å². The number of rotatable bonds is 2. The molecule has 21 heavy (non-hydrogen) atoms. The Morgan fingerprint density at radius 3 is 2.67 bits per heavy atom. The largest absolute Gasteiger partial charge is 0.356 e. The van der Waals surface area contributed by atoms with Gasteiger partial charge in [-0.2, -0.15) is 0 Å². The molecule has 112 valence electrons. The van der Waals surface area contributed by atoms with Crippen LogP contribution in [0.2, 0.25) is 0 Å². The van der Waals surface area contributed by atoms with Gasteiger partial charge in [-0.1, -0.05) is 18.2 Å². The Balaban J connectivity index is 1.71. The number of ether oxygens (including phenoxy) is 4. The normalized spacial score (nSPS) is 34.4. The van der Waals surface area contributed by atoms with Gasteiger partial charge in [-0.05, 0) is 31.4 Å². The number of fused-ring (bicyclic) bond motifs is 2. The van der Waals surface area contributed by atoms with Crippen molar-refractivity contribution in [2.75, 3.05) is 7.11 Å². The molecular weight excluding hydrogens is 270 g/mol. The van der Waals surface area contributed by atoms with Gasteiger partial charge in [-0.3, -0.25) is 0 Å². The van der Waals surface area contributed by atoms with Gasteiger partial charge >= 0.3 is 0 Å². The maximum Gasteiger partial charge on any atom is 0.187 e. The van der Waals surface area contributed by atoms with Crippen molar-refractivity contribution in [3.8, 4) is 0 Å². The van der Waals surface area contributed by atoms with Crippen molar-refractivity contribution in [3.05, 3.63) is 36.0 Å². The standard InChI is InChI=1S/C16H19NO4/c1-16(2)20-13-12(19-15(18-3)14(13)21-16)11-8-9-6-4-5-7-10(9)17-11/h4-8,12-15,17H,1-3H3/t12-,13-,14-,15+/m1/s1. The molecule has 0 bridgehead atoms. The molecule has 5 heteroatoms. The molecule has 5 nitrogen and oxygen atoms in total. The van der Waals surface area contributed by atoms with Crippen LogP contribution >= 0.6 is 0 Å². The molecule has 2 fully saturated rings. The number of benzene rings is 1. The number of hydrogen-bond donors (Lipinski definition) is 1. The van der Waals surface area contributed by atoms with E-state index in [-0.39, 0.29) is 18.3 Å². The van der Waals surface area contributed by atoms with E-state index in [4.69, 9.17) is 18.9 Å². The predicted octanol–water partition coefficient (Wildman–Crippen LogP) is 2.73. The highest BCUT2D eigenvalue weighted by molar-refractivity contribution is 5.80. The first-order chi connectivity index (χ1) is 10.1. The van der Waals surface area contributed by atoms with E-state index in [1.807, 2.05) is 26.0 Å². The lowest BCUT2D eigenvalue weighted by Crippen LogP contribution is -2.30. The van der Waals surface area contributed by atoms with Crippen LogP contribution in [0, 0.1) is 0 Å². The molecule has 3 heterocycles. The smallest absolute Gasteiger partial charge is 0.187 e. The van der Waals surface area contributed by atoms with E-state index in [1.165, 1.54) is 0 Å². The molecule has 0 unspecified atom stereocenters. The summed E-state index contributed by atoms with van der Waals surface area (Å²) in [6.45, 7) is 3.83. The molecule has 4 rings (SSSR count). The zero-order chi connectivity index (χ0) is 14.6. The van der Waals surface area contributed by atoms with Crippen LogP contribution in [0.5, 0.6) is 0 Å². The van der Waals surface area contributed by atoms with Gasteiger partial charge in [-0.25, -0.2) is 0 Å². The number of aromatic amines is 1. The highest BCUT2D eigenvalue weighted by Crippen LogP contribution is 2.45. The number of H-pyrrole nitrogens is 1. The van der Waals surface area contributed by atoms with E-state index in [2.05, 4.69) is 23.2 Å². The summed E-state index contributed by atoms with van der Waals surface area (Å²) in [7, 11) is 1.63. The molecule has 0 amide bonds. The number of aromatic nitrogens is 1. The summed E-state index contributed by atoms with van der Waals surface area (Å²) >= 11 is 0. The minimum absolute atomic E-state index is 0.169. The fraction of sp³-hybridized carbons (Fsp3) is 0.500. The van der Waals surface area contributed by atoms with E-state index < -0.39 is 12.1 Å². The van der Waals surface area contributed by atoms with Crippen LogP contribution in [-0.4, -0.2) is 36.4 Å². The number of methoxy groups -OCH3 is 1. The summed E-state index contributed by atoms with van der Waals surface area (Å²) in [6.07, 6.45) is -0.998. The Bertz CT molecular complexity index is 632. The predicted molar refractivity (Wildman–Crippen MR) is 76.7 cm³/mol. The fourth-order valence-corrected chi connectivity index (χ4v) is 3.25. The molecule has 2 aromatic rings. The summed E-state index contributed by atoms with van der Waals surface area (Å²) in [6, 6.07) is 10.3. The third-order valence-electron chi connectivity index (χ3n) is 4.10. The highest BCUT2D eigenvalue weighted by Gasteiger charge is 2.56. The van der Waals surface area contributed by atoms with Gasteiger partial charge in [0, 0.05) is 18.3 Å². The first-order valence-corrected chi connectivity index (χ1v) is 7.19. The van der Waals surface area contributed by atoms with Crippen molar-refractivity contribution < 1.29 is 18.9 Å². The first kappa shape index (κ1) is 13.3. The van der Waals surface area contributed by atoms with Crippen molar-refractivity contribution in [1.82, 2.24) is 4.98 Å². The SMILES string of the molecule is CO[C@H]1O[C@H](c2cc3ccccc3[nH]2)[C@H]2OC(C)(C)O[C@@H]12. The summed E-state index contributed by atoms with van der Waals surface area (Å²) in [5.41, 5.74) is 2.08. The molecule has 4 atom stereocenters. The van der Waals surface area contributed by atoms with E-state index in [0.717, 1.165) is 16.6 Å². The second kappa shape index (κ2) is 4.55. The molecule has 2 aliphatic heterocycles. The average Bonchev–Trinajstić information content (AvgIpc) is 3.08. The number of para-hydroxylation sites is 1. The maximum absolute atomic E-state index is 6.02. The first-order valence-electron chi connectivity index (χ1n) is 7.19. The maximum atomic E-state index is 6.02. The zero-order valence-corrected chi connectivity index (χ0v) is 12.3. The zero-order valence-electron chi connectivity index (χ0n) is 12.3. The van der Waals surface area contributed by atoms with Crippen LogP contribution in [0.1, 0.15) is 25.6 Å². The minimum atomic E-state index is -0.611. The molecule has 1 aromatic carbocycles. The van der Waals surface area contributed by atoms with Gasteiger partial charge in [0.2, 0.25) is 0 Å². The van der Waals surface area contributed by atoms with Gasteiger partial charge < -0.3 is 23.9 Å². The molecule has 2 saturated heterocycles. The Labute approximate surface area is 123 Å². The molecule has 0 saturated carbocycles. The Morgan fingerprint density at radius 1 is 1.14 bits per heavy atom. The number of nitrogens with one attached hydrogen (secondary N) is 1. The van der Waals surface area contributed by atoms with E-state index in [1.54, 1.807) is 7.11 Å². The lowest BCUT2D eigenvalue weighted by atomic mass is 10.1. The van der Waals surface area contributed by atoms with Gasteiger partial charge in [0.1, 0.15) is 18.3 Å². The quantitative estimate of drug-likeness (QED) is 0.923. The molecular formula is C16H19NO4. The molecule has 1 N–H and O–H groups in total. The summed E-state index contributed by atoms with van der Waals surface area (Å²) in [5.74, 6) is -0.611. The second-order valence-electron chi connectivity index (χ2n) is 6.04. The lowest BCUT2D eigenvalue weighted by molar-refractivity contribution is -0.228. The van der Waals surface area contributed by atoms with Crippen LogP contribution in [0.15, 0.2) is 30.3 Å². The van der Waals surface area contributed by atoms with Crippen LogP contribution in [-0.2, 0) is 18.9 Å². The van der Waals surface area contributed by atoms with Crippen molar-refractivity contribution in [2.45, 2.75) is 44.2 Å². The van der Waals surface area contributed by atoms with Crippen molar-refractivity contribution >= 4 is 10.9 Å². The minimum Gasteiger partial charge on any atom is -0.356 e. The van der Waals surface area contributed by atoms with Gasteiger partial charge in [-0.15, -0.1) is 0 Å². The van der Waals surface area contributed by atoms with Crippen LogP contribution in [0.3, 0.4) is 0 Å². The van der Waals surface area contributed by atoms with E-state index in [0.29, 0.717) is 0 Å². The fourth-order valence-electron chi connectivity index (χ4n) is 3.25. The van der Waals surface area contributed by atoms with E-state index >= 15 is 0 Å². The third kappa shape index (κ3) is 2.08. The van der Waals surface area contributed by atoms with Crippen LogP contribution in [0.25, 0.3) is 10.9 Å². The van der Waals surface area contributed by atoms with Crippen molar-refractivity contribution in [1.29, 1.82) is 0 Å². The summed E-state index contributed by atoms with van der Waals surface area (Å²) in [5, 5.41) is 1.16. The molecule has 0 aliphatic carbocycles. The van der Waals surface area contributed by atoms with Crippen LogP contribution in [0.4, 0.5) is 0 Å². The van der Waals surface area contributed by atoms with Crippen LogP contribution < -0.4 is 0 Å². The highest BCUT2D eigenvalue weighted by atomic mass is 16.8. The second-order valence-corrected chi connectivity index (χ2v) is 6.04. The molecule has 2 aliphatic rings. The van der Waals surface area contributed by atoms with Crippen molar-refractivity contribution in [2.24, 2.45) is 0 Å². The average molecular weight is 289 g/mol. The van der Waals surface area contributed by atoms with Gasteiger partial charge in [0.25, 0.3) is 0 Å². The Hall–Kier alpha value is -1.40. The van der Waals surface area contributed by atoms with Gasteiger partial charge in [0.05, 0.1) is 0 Å². The Morgan fingerprint density at radius 2 is 1.90 bits per heavy atom. The molecule has 1 aromatic heterocycles. The topological polar surface area (TPSA) is 52.7 Å². The lowest BCUT2D eigenvalue weighted by Gasteiger charge is -2.23. The summed E-state index contributed by atoms with van der Waals surface area (Å²) < 4.78 is 23.3. The Kier molecular flexibility index (Phi) is 2.87. The van der Waals surface area contributed by atoms with Gasteiger partial charge in [0.15, 0.2) is 12.1 Å². The third-order valence-corrected chi connectivity index (χ3v) is 4.10. The van der Waals surface area contributed by atoms with Crippen molar-refractivity contribution in [3.63, 3.8) is 0 Å². The monoisotopic (exact) mass is 289 g/mol. The molecule has 0 radical (unpaired) electrons. The summed E-state index contributed by atoms with van der Waals surface area (Å²) in [4.78, 5) is 3.41. The number of hydrogen-bond acceptors (Lipinski definition) is 4.